The lowest BCUT2D eigenvalue weighted by atomic mass is 9.74. The maximum absolute atomic E-state index is 10.2. The molecule has 0 amide bonds. The Balaban J connectivity index is 1.31. The minimum Gasteiger partial charge on any atom is -0.497 e. The van der Waals surface area contributed by atoms with Crippen molar-refractivity contribution < 1.29 is 9.84 Å². The fraction of sp³-hybridized carbons (Fsp3) is 0.355. The van der Waals surface area contributed by atoms with Crippen LogP contribution in [0.3, 0.4) is 0 Å². The molecule has 2 aliphatic heterocycles. The van der Waals surface area contributed by atoms with Crippen LogP contribution in [0.25, 0.3) is 0 Å². The number of hydrogen-bond donors (Lipinski definition) is 1. The summed E-state index contributed by atoms with van der Waals surface area (Å²) in [5.41, 5.74) is 4.67. The summed E-state index contributed by atoms with van der Waals surface area (Å²) in [5, 5.41) is 10.2. The summed E-state index contributed by atoms with van der Waals surface area (Å²) in [7, 11) is 1.71. The molecule has 1 N–H and O–H groups in total. The van der Waals surface area contributed by atoms with Gasteiger partial charge in [0.05, 0.1) is 13.7 Å². The summed E-state index contributed by atoms with van der Waals surface area (Å²) in [4.78, 5) is 5.12. The molecular formula is C31H34N2O2. The van der Waals surface area contributed by atoms with Crippen molar-refractivity contribution >= 4 is 0 Å². The van der Waals surface area contributed by atoms with Crippen molar-refractivity contribution in [3.05, 3.63) is 101 Å². The van der Waals surface area contributed by atoms with E-state index < -0.39 is 0 Å². The average Bonchev–Trinajstić information content (AvgIpc) is 2.89. The number of methoxy groups -OCH3 is 1. The fourth-order valence-electron chi connectivity index (χ4n) is 5.60. The standard InChI is InChI=1S/C31H34N2O2/c1-35-28-17-13-26(14-18-28)21-32-19-5-6-20-33-29(22-32)31(30(33)23-34)27-15-11-25(12-16-27)10-9-24-7-3-2-4-8-24/h2-4,7-8,11-18,29-31,34H,5-6,19-23H2,1H3. The highest BCUT2D eigenvalue weighted by molar-refractivity contribution is 5.44. The van der Waals surface area contributed by atoms with Crippen LogP contribution in [0.2, 0.25) is 0 Å². The molecule has 0 radical (unpaired) electrons. The lowest BCUT2D eigenvalue weighted by molar-refractivity contribution is -0.0655. The van der Waals surface area contributed by atoms with Gasteiger partial charge in [-0.15, -0.1) is 0 Å². The molecule has 3 atom stereocenters. The third kappa shape index (κ3) is 5.44. The Morgan fingerprint density at radius 1 is 0.857 bits per heavy atom. The Bertz CT molecular complexity index is 1150. The summed E-state index contributed by atoms with van der Waals surface area (Å²) in [5.74, 6) is 7.76. The molecule has 0 saturated carbocycles. The third-order valence-corrected chi connectivity index (χ3v) is 7.44. The number of hydrogen-bond acceptors (Lipinski definition) is 4. The van der Waals surface area contributed by atoms with Gasteiger partial charge in [-0.05, 0) is 73.5 Å². The first-order valence-electron chi connectivity index (χ1n) is 12.6. The van der Waals surface area contributed by atoms with E-state index in [1.165, 1.54) is 24.0 Å². The second-order valence-corrected chi connectivity index (χ2v) is 9.61. The predicted molar refractivity (Wildman–Crippen MR) is 140 cm³/mol. The average molecular weight is 467 g/mol. The van der Waals surface area contributed by atoms with E-state index in [4.69, 9.17) is 4.74 Å². The first-order valence-corrected chi connectivity index (χ1v) is 12.6. The molecule has 4 heteroatoms. The Morgan fingerprint density at radius 2 is 1.54 bits per heavy atom. The Kier molecular flexibility index (Phi) is 7.49. The van der Waals surface area contributed by atoms with E-state index in [0.29, 0.717) is 12.0 Å². The van der Waals surface area contributed by atoms with Gasteiger partial charge in [0, 0.05) is 42.2 Å². The second kappa shape index (κ2) is 11.1. The predicted octanol–water partition coefficient (Wildman–Crippen LogP) is 4.52. The Labute approximate surface area is 209 Å². The third-order valence-electron chi connectivity index (χ3n) is 7.44. The number of ether oxygens (including phenoxy) is 1. The van der Waals surface area contributed by atoms with Crippen molar-refractivity contribution in [3.63, 3.8) is 0 Å². The maximum Gasteiger partial charge on any atom is 0.118 e. The van der Waals surface area contributed by atoms with Crippen molar-refractivity contribution in [2.45, 2.75) is 37.4 Å². The molecule has 2 saturated heterocycles. The van der Waals surface area contributed by atoms with Crippen molar-refractivity contribution in [3.8, 4) is 17.6 Å². The zero-order chi connectivity index (χ0) is 24.0. The van der Waals surface area contributed by atoms with Crippen LogP contribution in [0.5, 0.6) is 5.75 Å². The summed E-state index contributed by atoms with van der Waals surface area (Å²) in [6.45, 7) is 4.35. The first kappa shape index (κ1) is 23.6. The highest BCUT2D eigenvalue weighted by Crippen LogP contribution is 2.42. The topological polar surface area (TPSA) is 35.9 Å². The zero-order valence-corrected chi connectivity index (χ0v) is 20.4. The number of benzene rings is 3. The molecule has 3 unspecified atom stereocenters. The molecule has 0 spiro atoms. The smallest absolute Gasteiger partial charge is 0.118 e. The lowest BCUT2D eigenvalue weighted by Crippen LogP contribution is -2.67. The fourth-order valence-corrected chi connectivity index (χ4v) is 5.60. The van der Waals surface area contributed by atoms with E-state index in [-0.39, 0.29) is 12.6 Å². The quantitative estimate of drug-likeness (QED) is 0.561. The zero-order valence-electron chi connectivity index (χ0n) is 20.4. The molecule has 5 rings (SSSR count). The van der Waals surface area contributed by atoms with Crippen LogP contribution in [0.1, 0.15) is 41.0 Å². The second-order valence-electron chi connectivity index (χ2n) is 9.61. The van der Waals surface area contributed by atoms with Crippen LogP contribution in [0.4, 0.5) is 0 Å². The molecular weight excluding hydrogens is 432 g/mol. The number of aliphatic hydroxyl groups excluding tert-OH is 1. The maximum atomic E-state index is 10.2. The number of nitrogens with zero attached hydrogens (tertiary/aromatic N) is 2. The molecule has 0 aliphatic carbocycles. The molecule has 4 nitrogen and oxygen atoms in total. The van der Waals surface area contributed by atoms with Gasteiger partial charge in [0.25, 0.3) is 0 Å². The van der Waals surface area contributed by atoms with Crippen LogP contribution >= 0.6 is 0 Å². The van der Waals surface area contributed by atoms with Gasteiger partial charge in [0.2, 0.25) is 0 Å². The monoisotopic (exact) mass is 466 g/mol. The van der Waals surface area contributed by atoms with Crippen LogP contribution in [0, 0.1) is 11.8 Å². The van der Waals surface area contributed by atoms with Crippen molar-refractivity contribution in [2.75, 3.05) is 33.4 Å². The van der Waals surface area contributed by atoms with Gasteiger partial charge in [-0.2, -0.15) is 0 Å². The van der Waals surface area contributed by atoms with Crippen molar-refractivity contribution in [1.82, 2.24) is 9.80 Å². The van der Waals surface area contributed by atoms with Gasteiger partial charge >= 0.3 is 0 Å². The molecule has 35 heavy (non-hydrogen) atoms. The van der Waals surface area contributed by atoms with Gasteiger partial charge in [-0.25, -0.2) is 0 Å². The highest BCUT2D eigenvalue weighted by atomic mass is 16.5. The molecule has 3 aromatic rings. The molecule has 0 aromatic heterocycles. The largest absolute Gasteiger partial charge is 0.497 e. The van der Waals surface area contributed by atoms with Crippen LogP contribution in [0.15, 0.2) is 78.9 Å². The van der Waals surface area contributed by atoms with E-state index in [1.807, 2.05) is 42.5 Å². The van der Waals surface area contributed by atoms with E-state index in [2.05, 4.69) is 58.0 Å². The molecule has 3 aromatic carbocycles. The van der Waals surface area contributed by atoms with Crippen molar-refractivity contribution in [2.24, 2.45) is 0 Å². The Hall–Kier alpha value is -3.10. The molecule has 0 bridgehead atoms. The molecule has 2 aliphatic rings. The summed E-state index contributed by atoms with van der Waals surface area (Å²) in [6.07, 6.45) is 2.36. The van der Waals surface area contributed by atoms with Crippen LogP contribution in [-0.4, -0.2) is 60.3 Å². The number of rotatable bonds is 5. The van der Waals surface area contributed by atoms with Gasteiger partial charge in [-0.3, -0.25) is 9.80 Å². The summed E-state index contributed by atoms with van der Waals surface area (Å²) >= 11 is 0. The highest BCUT2D eigenvalue weighted by Gasteiger charge is 2.48. The van der Waals surface area contributed by atoms with E-state index in [0.717, 1.165) is 43.1 Å². The summed E-state index contributed by atoms with van der Waals surface area (Å²) in [6, 6.07) is 27.8. The van der Waals surface area contributed by atoms with E-state index in [1.54, 1.807) is 7.11 Å². The molecule has 2 heterocycles. The minimum atomic E-state index is 0.196. The first-order chi connectivity index (χ1) is 17.2. The van der Waals surface area contributed by atoms with Gasteiger partial charge in [0.15, 0.2) is 0 Å². The minimum absolute atomic E-state index is 0.196. The normalized spacial score (nSPS) is 22.6. The van der Waals surface area contributed by atoms with Crippen LogP contribution < -0.4 is 4.74 Å². The molecule has 2 fully saturated rings. The molecule has 180 valence electrons. The SMILES string of the molecule is COc1ccc(CN2CCCCN3C(CO)C(c4ccc(C#Cc5ccccc5)cc4)C3C2)cc1. The van der Waals surface area contributed by atoms with Gasteiger partial charge < -0.3 is 9.84 Å². The lowest BCUT2D eigenvalue weighted by Gasteiger charge is -2.57. The van der Waals surface area contributed by atoms with Crippen molar-refractivity contribution in [1.29, 1.82) is 0 Å². The number of fused-ring (bicyclic) bond motifs is 1. The van der Waals surface area contributed by atoms with Crippen LogP contribution in [-0.2, 0) is 6.54 Å². The van der Waals surface area contributed by atoms with Gasteiger partial charge in [-0.1, -0.05) is 54.3 Å². The summed E-state index contributed by atoms with van der Waals surface area (Å²) < 4.78 is 5.32. The van der Waals surface area contributed by atoms with Gasteiger partial charge in [0.1, 0.15) is 5.75 Å². The number of aliphatic hydroxyl groups is 1. The Morgan fingerprint density at radius 3 is 2.23 bits per heavy atom. The van der Waals surface area contributed by atoms with E-state index >= 15 is 0 Å². The van der Waals surface area contributed by atoms with E-state index in [9.17, 15) is 5.11 Å².